The van der Waals surface area contributed by atoms with Gasteiger partial charge in [-0.2, -0.15) is 0 Å². The first-order chi connectivity index (χ1) is 8.78. The molecule has 2 heteroatoms. The average molecular weight is 245 g/mol. The maximum absolute atomic E-state index is 5.75. The first-order valence-electron chi connectivity index (χ1n) is 7.28. The highest BCUT2D eigenvalue weighted by Gasteiger charge is 2.45. The summed E-state index contributed by atoms with van der Waals surface area (Å²) in [4.78, 5) is 0. The van der Waals surface area contributed by atoms with Crippen LogP contribution in [0.2, 0.25) is 0 Å². The lowest BCUT2D eigenvalue weighted by molar-refractivity contribution is 0.340. The second kappa shape index (κ2) is 4.83. The van der Waals surface area contributed by atoms with E-state index in [0.717, 1.165) is 24.2 Å². The molecule has 0 spiro atoms. The van der Waals surface area contributed by atoms with Crippen LogP contribution in [0.25, 0.3) is 0 Å². The molecule has 2 saturated carbocycles. The Hall–Kier alpha value is -1.18. The van der Waals surface area contributed by atoms with E-state index in [0.29, 0.717) is 6.04 Å². The van der Waals surface area contributed by atoms with E-state index in [4.69, 9.17) is 4.74 Å². The standard InChI is InChI=1S/C16H23NO/c1-3-18-16-9-11(2)7-8-15(16)17-14-6-4-5-12-10-13(12)14/h7-9,12-14,17H,3-6,10H2,1-2H3/t12-,13+,14?/m0/s1. The van der Waals surface area contributed by atoms with Gasteiger partial charge in [0.2, 0.25) is 0 Å². The Morgan fingerprint density at radius 2 is 2.22 bits per heavy atom. The van der Waals surface area contributed by atoms with Gasteiger partial charge in [-0.3, -0.25) is 0 Å². The lowest BCUT2D eigenvalue weighted by Gasteiger charge is -2.25. The zero-order chi connectivity index (χ0) is 12.5. The Morgan fingerprint density at radius 3 is 3.06 bits per heavy atom. The maximum Gasteiger partial charge on any atom is 0.142 e. The smallest absolute Gasteiger partial charge is 0.142 e. The van der Waals surface area contributed by atoms with Crippen molar-refractivity contribution in [2.45, 2.75) is 45.6 Å². The van der Waals surface area contributed by atoms with Crippen LogP contribution in [0.3, 0.4) is 0 Å². The molecule has 2 aliphatic rings. The van der Waals surface area contributed by atoms with E-state index in [2.05, 4.69) is 30.4 Å². The number of benzene rings is 1. The van der Waals surface area contributed by atoms with Crippen LogP contribution in [-0.2, 0) is 0 Å². The molecule has 2 nitrogen and oxygen atoms in total. The summed E-state index contributed by atoms with van der Waals surface area (Å²) < 4.78 is 5.75. The normalized spacial score (nSPS) is 29.6. The summed E-state index contributed by atoms with van der Waals surface area (Å²) in [6.45, 7) is 4.89. The molecule has 2 fully saturated rings. The number of anilines is 1. The quantitative estimate of drug-likeness (QED) is 0.866. The summed E-state index contributed by atoms with van der Waals surface area (Å²) in [6.07, 6.45) is 5.60. The second-order valence-corrected chi connectivity index (χ2v) is 5.77. The van der Waals surface area contributed by atoms with Gasteiger partial charge in [-0.25, -0.2) is 0 Å². The number of hydrogen-bond donors (Lipinski definition) is 1. The SMILES string of the molecule is CCOc1cc(C)ccc1NC1CCC[C@H]2C[C@@H]12. The van der Waals surface area contributed by atoms with Crippen molar-refractivity contribution in [2.24, 2.45) is 11.8 Å². The third kappa shape index (κ3) is 2.33. The fourth-order valence-electron chi connectivity index (χ4n) is 3.31. The highest BCUT2D eigenvalue weighted by atomic mass is 16.5. The molecule has 0 radical (unpaired) electrons. The van der Waals surface area contributed by atoms with Crippen LogP contribution in [-0.4, -0.2) is 12.6 Å². The van der Waals surface area contributed by atoms with Gasteiger partial charge in [0, 0.05) is 6.04 Å². The lowest BCUT2D eigenvalue weighted by Crippen LogP contribution is -2.25. The molecule has 3 atom stereocenters. The van der Waals surface area contributed by atoms with Gasteiger partial charge in [0.25, 0.3) is 0 Å². The molecule has 1 N–H and O–H groups in total. The van der Waals surface area contributed by atoms with Gasteiger partial charge in [-0.1, -0.05) is 18.9 Å². The molecular weight excluding hydrogens is 222 g/mol. The van der Waals surface area contributed by atoms with E-state index in [1.54, 1.807) is 0 Å². The van der Waals surface area contributed by atoms with E-state index in [9.17, 15) is 0 Å². The van der Waals surface area contributed by atoms with Gasteiger partial charge in [-0.05, 0) is 56.2 Å². The molecule has 1 aromatic carbocycles. The molecule has 1 aromatic rings. The Bertz CT molecular complexity index is 429. The van der Waals surface area contributed by atoms with Crippen molar-refractivity contribution in [1.82, 2.24) is 0 Å². The minimum Gasteiger partial charge on any atom is -0.492 e. The van der Waals surface area contributed by atoms with Crippen LogP contribution >= 0.6 is 0 Å². The monoisotopic (exact) mass is 245 g/mol. The number of hydrogen-bond acceptors (Lipinski definition) is 2. The minimum atomic E-state index is 0.672. The molecule has 0 amide bonds. The Kier molecular flexibility index (Phi) is 3.19. The molecule has 0 bridgehead atoms. The van der Waals surface area contributed by atoms with Crippen molar-refractivity contribution in [3.8, 4) is 5.75 Å². The molecule has 1 unspecified atom stereocenters. The summed E-state index contributed by atoms with van der Waals surface area (Å²) in [6, 6.07) is 7.15. The zero-order valence-corrected chi connectivity index (χ0v) is 11.4. The molecule has 0 saturated heterocycles. The second-order valence-electron chi connectivity index (χ2n) is 5.77. The lowest BCUT2D eigenvalue weighted by atomic mass is 9.95. The van der Waals surface area contributed by atoms with Gasteiger partial charge < -0.3 is 10.1 Å². The van der Waals surface area contributed by atoms with Crippen molar-refractivity contribution in [1.29, 1.82) is 0 Å². The van der Waals surface area contributed by atoms with Crippen LogP contribution in [0.5, 0.6) is 5.75 Å². The Labute approximate surface area is 110 Å². The van der Waals surface area contributed by atoms with Crippen molar-refractivity contribution in [2.75, 3.05) is 11.9 Å². The topological polar surface area (TPSA) is 21.3 Å². The molecule has 2 aliphatic carbocycles. The van der Waals surface area contributed by atoms with Gasteiger partial charge in [0.05, 0.1) is 12.3 Å². The third-order valence-electron chi connectivity index (χ3n) is 4.36. The predicted octanol–water partition coefficient (Wildman–Crippen LogP) is 3.99. The molecule has 18 heavy (non-hydrogen) atoms. The number of aryl methyl sites for hydroxylation is 1. The van der Waals surface area contributed by atoms with Crippen LogP contribution in [0.1, 0.15) is 38.2 Å². The van der Waals surface area contributed by atoms with E-state index < -0.39 is 0 Å². The predicted molar refractivity (Wildman–Crippen MR) is 75.2 cm³/mol. The van der Waals surface area contributed by atoms with Crippen molar-refractivity contribution >= 4 is 5.69 Å². The summed E-state index contributed by atoms with van der Waals surface area (Å²) in [5.74, 6) is 2.95. The van der Waals surface area contributed by atoms with E-state index in [1.165, 1.54) is 36.9 Å². The summed E-state index contributed by atoms with van der Waals surface area (Å²) in [7, 11) is 0. The molecular formula is C16H23NO. The Morgan fingerprint density at radius 1 is 1.33 bits per heavy atom. The minimum absolute atomic E-state index is 0.672. The van der Waals surface area contributed by atoms with Crippen LogP contribution in [0.4, 0.5) is 5.69 Å². The highest BCUT2D eigenvalue weighted by molar-refractivity contribution is 5.58. The summed E-state index contributed by atoms with van der Waals surface area (Å²) >= 11 is 0. The number of ether oxygens (including phenoxy) is 1. The fourth-order valence-corrected chi connectivity index (χ4v) is 3.31. The third-order valence-corrected chi connectivity index (χ3v) is 4.36. The van der Waals surface area contributed by atoms with Crippen LogP contribution < -0.4 is 10.1 Å². The Balaban J connectivity index is 1.74. The zero-order valence-electron chi connectivity index (χ0n) is 11.4. The van der Waals surface area contributed by atoms with Gasteiger partial charge in [0.15, 0.2) is 0 Å². The van der Waals surface area contributed by atoms with Crippen molar-refractivity contribution in [3.05, 3.63) is 23.8 Å². The molecule has 0 aliphatic heterocycles. The molecule has 3 rings (SSSR count). The molecule has 0 heterocycles. The number of nitrogens with one attached hydrogen (secondary N) is 1. The van der Waals surface area contributed by atoms with E-state index >= 15 is 0 Å². The van der Waals surface area contributed by atoms with Crippen molar-refractivity contribution in [3.63, 3.8) is 0 Å². The van der Waals surface area contributed by atoms with Gasteiger partial charge >= 0.3 is 0 Å². The number of fused-ring (bicyclic) bond motifs is 1. The van der Waals surface area contributed by atoms with Gasteiger partial charge in [-0.15, -0.1) is 0 Å². The van der Waals surface area contributed by atoms with Gasteiger partial charge in [0.1, 0.15) is 5.75 Å². The fraction of sp³-hybridized carbons (Fsp3) is 0.625. The average Bonchev–Trinajstić information content (AvgIpc) is 3.13. The highest BCUT2D eigenvalue weighted by Crippen LogP contribution is 2.50. The first kappa shape index (κ1) is 11.9. The largest absolute Gasteiger partial charge is 0.492 e. The van der Waals surface area contributed by atoms with E-state index in [1.807, 2.05) is 6.92 Å². The molecule has 98 valence electrons. The number of rotatable bonds is 4. The van der Waals surface area contributed by atoms with E-state index in [-0.39, 0.29) is 0 Å². The molecule has 0 aromatic heterocycles. The van der Waals surface area contributed by atoms with Crippen molar-refractivity contribution < 1.29 is 4.74 Å². The summed E-state index contributed by atoms with van der Waals surface area (Å²) in [5.41, 5.74) is 2.44. The first-order valence-corrected chi connectivity index (χ1v) is 7.28. The van der Waals surface area contributed by atoms with Crippen LogP contribution in [0, 0.1) is 18.8 Å². The van der Waals surface area contributed by atoms with Crippen LogP contribution in [0.15, 0.2) is 18.2 Å². The summed E-state index contributed by atoms with van der Waals surface area (Å²) in [5, 5.41) is 3.73. The maximum atomic E-state index is 5.75.